The molecule has 0 aliphatic heterocycles. The molecule has 0 aromatic heterocycles. The zero-order chi connectivity index (χ0) is 19.8. The first-order chi connectivity index (χ1) is 12.9. The van der Waals surface area contributed by atoms with E-state index < -0.39 is 0 Å². The molecule has 0 spiro atoms. The van der Waals surface area contributed by atoms with E-state index in [2.05, 4.69) is 10.6 Å². The minimum absolute atomic E-state index is 0.0125. The maximum Gasteiger partial charge on any atom is 0.223 e. The zero-order valence-electron chi connectivity index (χ0n) is 16.8. The van der Waals surface area contributed by atoms with E-state index in [1.54, 1.807) is 14.2 Å². The highest BCUT2D eigenvalue weighted by molar-refractivity contribution is 5.81. The van der Waals surface area contributed by atoms with Crippen LogP contribution in [0.5, 0.6) is 11.5 Å². The number of carbonyl (C=O) groups is 2. The van der Waals surface area contributed by atoms with E-state index in [0.717, 1.165) is 37.7 Å². The summed E-state index contributed by atoms with van der Waals surface area (Å²) >= 11 is 0. The summed E-state index contributed by atoms with van der Waals surface area (Å²) in [4.78, 5) is 24.5. The number of ether oxygens (including phenoxy) is 2. The van der Waals surface area contributed by atoms with Crippen molar-refractivity contribution in [1.82, 2.24) is 10.6 Å². The number of rotatable bonds is 8. The predicted octanol–water partition coefficient (Wildman–Crippen LogP) is 2.69. The van der Waals surface area contributed by atoms with Gasteiger partial charge in [-0.3, -0.25) is 9.59 Å². The Kier molecular flexibility index (Phi) is 7.95. The van der Waals surface area contributed by atoms with Crippen LogP contribution in [0.1, 0.15) is 45.1 Å². The van der Waals surface area contributed by atoms with Gasteiger partial charge in [-0.2, -0.15) is 0 Å². The van der Waals surface area contributed by atoms with Crippen LogP contribution in [0.15, 0.2) is 18.2 Å². The molecule has 6 nitrogen and oxygen atoms in total. The maximum absolute atomic E-state index is 12.4. The molecule has 2 N–H and O–H groups in total. The first-order valence-corrected chi connectivity index (χ1v) is 9.73. The lowest BCUT2D eigenvalue weighted by atomic mass is 9.81. The van der Waals surface area contributed by atoms with E-state index in [9.17, 15) is 9.59 Å². The number of benzene rings is 1. The van der Waals surface area contributed by atoms with Gasteiger partial charge in [-0.15, -0.1) is 0 Å². The van der Waals surface area contributed by atoms with Crippen molar-refractivity contribution in [2.75, 3.05) is 20.8 Å². The Morgan fingerprint density at radius 2 is 1.59 bits per heavy atom. The molecule has 0 bridgehead atoms. The quantitative estimate of drug-likeness (QED) is 0.731. The second-order valence-corrected chi connectivity index (χ2v) is 7.44. The molecule has 1 aliphatic rings. The van der Waals surface area contributed by atoms with Crippen molar-refractivity contribution >= 4 is 11.8 Å². The van der Waals surface area contributed by atoms with Crippen LogP contribution >= 0.6 is 0 Å². The number of methoxy groups -OCH3 is 2. The largest absolute Gasteiger partial charge is 0.493 e. The number of hydrogen-bond donors (Lipinski definition) is 2. The van der Waals surface area contributed by atoms with Crippen LogP contribution < -0.4 is 20.1 Å². The monoisotopic (exact) mass is 376 g/mol. The normalized spacial score (nSPS) is 19.4. The molecule has 0 heterocycles. The van der Waals surface area contributed by atoms with Crippen molar-refractivity contribution in [3.63, 3.8) is 0 Å². The summed E-state index contributed by atoms with van der Waals surface area (Å²) in [5, 5.41) is 6.00. The van der Waals surface area contributed by atoms with Crippen molar-refractivity contribution in [1.29, 1.82) is 0 Å². The van der Waals surface area contributed by atoms with Gasteiger partial charge in [-0.1, -0.05) is 6.07 Å². The molecule has 1 fully saturated rings. The van der Waals surface area contributed by atoms with Gasteiger partial charge in [-0.25, -0.2) is 0 Å². The van der Waals surface area contributed by atoms with E-state index >= 15 is 0 Å². The molecule has 27 heavy (non-hydrogen) atoms. The third kappa shape index (κ3) is 6.15. The Balaban J connectivity index is 1.75. The molecule has 0 radical (unpaired) electrons. The molecule has 1 aromatic carbocycles. The third-order valence-electron chi connectivity index (χ3n) is 5.06. The lowest BCUT2D eigenvalue weighted by Crippen LogP contribution is -2.39. The van der Waals surface area contributed by atoms with Gasteiger partial charge in [0.05, 0.1) is 14.2 Å². The maximum atomic E-state index is 12.4. The number of hydrogen-bond acceptors (Lipinski definition) is 4. The number of amides is 2. The summed E-state index contributed by atoms with van der Waals surface area (Å²) in [5.74, 6) is 1.67. The van der Waals surface area contributed by atoms with Gasteiger partial charge in [-0.05, 0) is 63.6 Å². The molecule has 2 rings (SSSR count). The van der Waals surface area contributed by atoms with E-state index in [1.807, 2.05) is 32.0 Å². The minimum atomic E-state index is 0.0125. The van der Waals surface area contributed by atoms with Crippen LogP contribution in [-0.2, 0) is 16.0 Å². The molecule has 0 unspecified atom stereocenters. The summed E-state index contributed by atoms with van der Waals surface area (Å²) in [7, 11) is 3.22. The minimum Gasteiger partial charge on any atom is -0.493 e. The molecule has 0 saturated heterocycles. The Bertz CT molecular complexity index is 637. The van der Waals surface area contributed by atoms with Crippen LogP contribution in [0.4, 0.5) is 0 Å². The van der Waals surface area contributed by atoms with E-state index in [0.29, 0.717) is 18.0 Å². The fraction of sp³-hybridized carbons (Fsp3) is 0.619. The lowest BCUT2D eigenvalue weighted by molar-refractivity contribution is -0.130. The fourth-order valence-electron chi connectivity index (χ4n) is 3.53. The molecule has 1 saturated carbocycles. The van der Waals surface area contributed by atoms with Crippen LogP contribution in [0.3, 0.4) is 0 Å². The highest BCUT2D eigenvalue weighted by Crippen LogP contribution is 2.29. The summed E-state index contributed by atoms with van der Waals surface area (Å²) in [6.07, 6.45) is 3.85. The average molecular weight is 376 g/mol. The summed E-state index contributed by atoms with van der Waals surface area (Å²) in [6.45, 7) is 4.52. The van der Waals surface area contributed by atoms with Crippen LogP contribution in [0.25, 0.3) is 0 Å². The van der Waals surface area contributed by atoms with Gasteiger partial charge in [0.2, 0.25) is 11.8 Å². The van der Waals surface area contributed by atoms with Crippen molar-refractivity contribution in [2.24, 2.45) is 11.8 Å². The molecule has 1 aromatic rings. The summed E-state index contributed by atoms with van der Waals surface area (Å²) in [5.41, 5.74) is 1.09. The van der Waals surface area contributed by atoms with Gasteiger partial charge in [0.25, 0.3) is 0 Å². The number of nitrogens with one attached hydrogen (secondary N) is 2. The van der Waals surface area contributed by atoms with E-state index in [4.69, 9.17) is 9.47 Å². The fourth-order valence-corrected chi connectivity index (χ4v) is 3.53. The predicted molar refractivity (Wildman–Crippen MR) is 105 cm³/mol. The van der Waals surface area contributed by atoms with E-state index in [1.165, 1.54) is 0 Å². The standard InChI is InChI=1S/C21H32N2O4/c1-14(2)23-21(25)17-8-6-16(7-9-17)20(24)22-12-11-15-5-10-18(26-3)19(13-15)27-4/h5,10,13-14,16-17H,6-9,11-12H2,1-4H3,(H,22,24)(H,23,25). The first kappa shape index (κ1) is 21.1. The average Bonchev–Trinajstić information content (AvgIpc) is 2.67. The van der Waals surface area contributed by atoms with Gasteiger partial charge >= 0.3 is 0 Å². The van der Waals surface area contributed by atoms with Crippen LogP contribution in [0.2, 0.25) is 0 Å². The van der Waals surface area contributed by atoms with Gasteiger partial charge in [0.1, 0.15) is 0 Å². The molecule has 150 valence electrons. The Labute approximate surface area is 162 Å². The molecule has 6 heteroatoms. The van der Waals surface area contributed by atoms with Crippen molar-refractivity contribution in [2.45, 2.75) is 52.0 Å². The molecule has 2 amide bonds. The smallest absolute Gasteiger partial charge is 0.223 e. The van der Waals surface area contributed by atoms with Crippen LogP contribution in [0, 0.1) is 11.8 Å². The highest BCUT2D eigenvalue weighted by Gasteiger charge is 2.29. The molecule has 0 atom stereocenters. The number of carbonyl (C=O) groups excluding carboxylic acids is 2. The van der Waals surface area contributed by atoms with Crippen molar-refractivity contribution in [3.8, 4) is 11.5 Å². The second-order valence-electron chi connectivity index (χ2n) is 7.44. The first-order valence-electron chi connectivity index (χ1n) is 9.73. The van der Waals surface area contributed by atoms with Crippen molar-refractivity contribution in [3.05, 3.63) is 23.8 Å². The highest BCUT2D eigenvalue weighted by atomic mass is 16.5. The van der Waals surface area contributed by atoms with Crippen molar-refractivity contribution < 1.29 is 19.1 Å². The Morgan fingerprint density at radius 3 is 2.15 bits per heavy atom. The third-order valence-corrected chi connectivity index (χ3v) is 5.06. The van der Waals surface area contributed by atoms with Gasteiger partial charge in [0.15, 0.2) is 11.5 Å². The molecule has 1 aliphatic carbocycles. The second kappa shape index (κ2) is 10.2. The van der Waals surface area contributed by atoms with Gasteiger partial charge in [0, 0.05) is 24.4 Å². The Hall–Kier alpha value is -2.24. The topological polar surface area (TPSA) is 76.7 Å². The Morgan fingerprint density at radius 1 is 1.00 bits per heavy atom. The lowest BCUT2D eigenvalue weighted by Gasteiger charge is -2.27. The SMILES string of the molecule is COc1ccc(CCNC(=O)C2CCC(C(=O)NC(C)C)CC2)cc1OC. The van der Waals surface area contributed by atoms with Gasteiger partial charge < -0.3 is 20.1 Å². The summed E-state index contributed by atoms with van der Waals surface area (Å²) in [6, 6.07) is 5.95. The van der Waals surface area contributed by atoms with Crippen LogP contribution in [-0.4, -0.2) is 38.6 Å². The zero-order valence-corrected chi connectivity index (χ0v) is 16.8. The molecular weight excluding hydrogens is 344 g/mol. The summed E-state index contributed by atoms with van der Waals surface area (Å²) < 4.78 is 10.5. The molecular formula is C21H32N2O4. The van der Waals surface area contributed by atoms with E-state index in [-0.39, 0.29) is 29.7 Å².